The number of aliphatic hydroxyl groups is 1. The topological polar surface area (TPSA) is 61.8 Å². The molecule has 1 aliphatic heterocycles. The Balaban J connectivity index is 2.32. The van der Waals surface area contributed by atoms with Crippen LogP contribution in [0.3, 0.4) is 0 Å². The predicted molar refractivity (Wildman–Crippen MR) is 83.3 cm³/mol. The number of alkyl halides is 3. The van der Waals surface area contributed by atoms with Crippen molar-refractivity contribution in [2.75, 3.05) is 0 Å². The first-order valence-corrected chi connectivity index (χ1v) is 9.07. The molecule has 21 heavy (non-hydrogen) atoms. The Morgan fingerprint density at radius 3 is 2.43 bits per heavy atom. The van der Waals surface area contributed by atoms with Crippen molar-refractivity contribution in [3.63, 3.8) is 0 Å². The molecule has 1 aromatic rings. The van der Waals surface area contributed by atoms with Crippen molar-refractivity contribution in [3.05, 3.63) is 35.9 Å². The van der Waals surface area contributed by atoms with Gasteiger partial charge in [-0.05, 0) is 19.4 Å². The lowest BCUT2D eigenvalue weighted by Gasteiger charge is -2.45. The van der Waals surface area contributed by atoms with Crippen molar-refractivity contribution in [2.24, 2.45) is 0 Å². The van der Waals surface area contributed by atoms with Gasteiger partial charge in [0.1, 0.15) is 11.7 Å². The monoisotopic (exact) mass is 372 g/mol. The molecule has 1 fully saturated rings. The number of rotatable bonds is 2. The third-order valence-corrected chi connectivity index (χ3v) is 6.45. The number of hydrogen-bond donors (Lipinski definition) is 1. The van der Waals surface area contributed by atoms with E-state index >= 15 is 0 Å². The number of hydrogen-bond acceptors (Lipinski definition) is 4. The summed E-state index contributed by atoms with van der Waals surface area (Å²) < 4.78 is 8.78. The second-order valence-electron chi connectivity index (χ2n) is 5.51. The Morgan fingerprint density at radius 1 is 1.33 bits per heavy atom. The zero-order chi connectivity index (χ0) is 15.9. The molecule has 0 radical (unpaired) electrons. The summed E-state index contributed by atoms with van der Waals surface area (Å²) >= 11 is 16.9. The Hall–Kier alpha value is 0.360. The fourth-order valence-electron chi connectivity index (χ4n) is 2.20. The highest BCUT2D eigenvalue weighted by molar-refractivity contribution is 7.60. The third kappa shape index (κ3) is 4.21. The quantitative estimate of drug-likeness (QED) is 0.633. The molecule has 1 aromatic carbocycles. The maximum Gasteiger partial charge on any atom is 0.273 e. The maximum atomic E-state index is 12.8. The smallest absolute Gasteiger partial charge is 0.273 e. The summed E-state index contributed by atoms with van der Waals surface area (Å²) in [6.45, 7) is 3.51. The molecule has 0 amide bonds. The molecule has 1 heterocycles. The van der Waals surface area contributed by atoms with Crippen molar-refractivity contribution in [1.82, 2.24) is 0 Å². The lowest BCUT2D eigenvalue weighted by atomic mass is 9.96. The molecule has 0 spiro atoms. The molecule has 1 aliphatic rings. The molecule has 4 nitrogen and oxygen atoms in total. The summed E-state index contributed by atoms with van der Waals surface area (Å²) in [6.07, 6.45) is -0.0455. The standard InChI is InChI=1S/C13H16Cl3O4P/c1-12(2)8-10(9-6-4-3-5-7-9)19-21(18,20-12)11(17)13(14,15)16/h3-7,10-11,17H,8H2,1-2H3/t10-,11-,21?/m1/s1. The minimum absolute atomic E-state index is 0.466. The molecule has 1 unspecified atom stereocenters. The van der Waals surface area contributed by atoms with E-state index in [1.165, 1.54) is 0 Å². The SMILES string of the molecule is CC1(C)C[C@H](c2ccccc2)O[P+]([O-])([C@@H](O)C(Cl)(Cl)Cl)O1. The maximum absolute atomic E-state index is 12.8. The zero-order valence-electron chi connectivity index (χ0n) is 11.5. The number of aliphatic hydroxyl groups excluding tert-OH is 1. The summed E-state index contributed by atoms with van der Waals surface area (Å²) in [5, 5.41) is 10.1. The summed E-state index contributed by atoms with van der Waals surface area (Å²) in [7, 11) is -4.01. The van der Waals surface area contributed by atoms with E-state index in [-0.39, 0.29) is 0 Å². The first-order chi connectivity index (χ1) is 9.54. The third-order valence-electron chi connectivity index (χ3n) is 3.09. The van der Waals surface area contributed by atoms with E-state index in [0.29, 0.717) is 6.42 Å². The van der Waals surface area contributed by atoms with Gasteiger partial charge in [-0.25, -0.2) is 9.05 Å². The van der Waals surface area contributed by atoms with Crippen LogP contribution in [0.4, 0.5) is 0 Å². The number of benzene rings is 1. The lowest BCUT2D eigenvalue weighted by molar-refractivity contribution is -0.256. The zero-order valence-corrected chi connectivity index (χ0v) is 14.7. The van der Waals surface area contributed by atoms with E-state index in [1.807, 2.05) is 30.3 Å². The average molecular weight is 374 g/mol. The molecule has 1 saturated heterocycles. The highest BCUT2D eigenvalue weighted by Gasteiger charge is 2.59. The summed E-state index contributed by atoms with van der Waals surface area (Å²) in [5.41, 5.74) is 0.0381. The molecule has 0 aromatic heterocycles. The first kappa shape index (κ1) is 17.7. The van der Waals surface area contributed by atoms with Gasteiger partial charge in [0, 0.05) is 6.42 Å². The highest BCUT2D eigenvalue weighted by Crippen LogP contribution is 2.69. The molecular formula is C13H16Cl3O4P. The second-order valence-corrected chi connectivity index (χ2v) is 9.85. The molecule has 1 N–H and O–H groups in total. The van der Waals surface area contributed by atoms with Crippen LogP contribution in [0, 0.1) is 0 Å². The van der Waals surface area contributed by atoms with Gasteiger partial charge in [0.05, 0.1) is 0 Å². The first-order valence-electron chi connectivity index (χ1n) is 6.32. The van der Waals surface area contributed by atoms with Gasteiger partial charge in [-0.1, -0.05) is 65.1 Å². The highest BCUT2D eigenvalue weighted by atomic mass is 35.6. The van der Waals surface area contributed by atoms with Gasteiger partial charge < -0.3 is 10.00 Å². The fraction of sp³-hybridized carbons (Fsp3) is 0.538. The van der Waals surface area contributed by atoms with Gasteiger partial charge in [-0.2, -0.15) is 0 Å². The minimum atomic E-state index is -4.01. The van der Waals surface area contributed by atoms with Gasteiger partial charge in [0.15, 0.2) is 0 Å². The van der Waals surface area contributed by atoms with Gasteiger partial charge in [-0.3, -0.25) is 0 Å². The lowest BCUT2D eigenvalue weighted by Crippen LogP contribution is -2.45. The van der Waals surface area contributed by atoms with Gasteiger partial charge >= 0.3 is 0 Å². The molecule has 2 rings (SSSR count). The van der Waals surface area contributed by atoms with Gasteiger partial charge in [0.25, 0.3) is 17.6 Å². The normalized spacial score (nSPS) is 30.9. The van der Waals surface area contributed by atoms with Crippen molar-refractivity contribution in [2.45, 2.75) is 41.6 Å². The van der Waals surface area contributed by atoms with Crippen LogP contribution in [-0.2, 0) is 9.05 Å². The molecule has 0 aliphatic carbocycles. The van der Waals surface area contributed by atoms with Crippen LogP contribution in [0.1, 0.15) is 31.9 Å². The van der Waals surface area contributed by atoms with E-state index < -0.39 is 29.3 Å². The second kappa shape index (κ2) is 6.10. The van der Waals surface area contributed by atoms with Crippen molar-refractivity contribution >= 4 is 42.7 Å². The molecule has 8 heteroatoms. The van der Waals surface area contributed by atoms with Crippen LogP contribution in [0.2, 0.25) is 0 Å². The van der Waals surface area contributed by atoms with Crippen LogP contribution < -0.4 is 4.89 Å². The molecule has 3 atom stereocenters. The Labute approximate surface area is 139 Å². The van der Waals surface area contributed by atoms with Crippen molar-refractivity contribution in [1.29, 1.82) is 0 Å². The largest absolute Gasteiger partial charge is 0.629 e. The van der Waals surface area contributed by atoms with Crippen LogP contribution >= 0.6 is 42.7 Å². The van der Waals surface area contributed by atoms with Crippen LogP contribution in [0.25, 0.3) is 0 Å². The Bertz CT molecular complexity index is 494. The average Bonchev–Trinajstić information content (AvgIpc) is 2.35. The minimum Gasteiger partial charge on any atom is -0.629 e. The van der Waals surface area contributed by atoms with Crippen molar-refractivity contribution in [3.8, 4) is 0 Å². The fourth-order valence-corrected chi connectivity index (χ4v) is 5.20. The van der Waals surface area contributed by atoms with Crippen molar-refractivity contribution < 1.29 is 19.0 Å². The summed E-state index contributed by atoms with van der Waals surface area (Å²) in [6, 6.07) is 9.24. The molecule has 0 saturated carbocycles. The van der Waals surface area contributed by atoms with E-state index in [2.05, 4.69) is 0 Å². The molecular weight excluding hydrogens is 357 g/mol. The van der Waals surface area contributed by atoms with E-state index in [1.54, 1.807) is 13.8 Å². The Kier molecular flexibility index (Phi) is 5.15. The summed E-state index contributed by atoms with van der Waals surface area (Å²) in [4.78, 5) is 12.8. The van der Waals surface area contributed by atoms with Gasteiger partial charge in [-0.15, -0.1) is 0 Å². The van der Waals surface area contributed by atoms with E-state index in [4.69, 9.17) is 43.9 Å². The predicted octanol–water partition coefficient (Wildman–Crippen LogP) is 3.75. The molecule has 118 valence electrons. The Morgan fingerprint density at radius 2 is 1.90 bits per heavy atom. The van der Waals surface area contributed by atoms with E-state index in [0.717, 1.165) is 5.56 Å². The van der Waals surface area contributed by atoms with Crippen LogP contribution in [0.15, 0.2) is 30.3 Å². The summed E-state index contributed by atoms with van der Waals surface area (Å²) in [5.74, 6) is -1.86. The van der Waals surface area contributed by atoms with E-state index in [9.17, 15) is 10.00 Å². The number of halogens is 3. The van der Waals surface area contributed by atoms with Crippen LogP contribution in [-0.4, -0.2) is 20.3 Å². The molecule has 0 bridgehead atoms. The van der Waals surface area contributed by atoms with Gasteiger partial charge in [0.2, 0.25) is 0 Å². The van der Waals surface area contributed by atoms with Crippen LogP contribution in [0.5, 0.6) is 0 Å².